The number of hydrogen-bond donors (Lipinski definition) is 2. The van der Waals surface area contributed by atoms with Crippen LogP contribution in [0.15, 0.2) is 23.3 Å². The van der Waals surface area contributed by atoms with Gasteiger partial charge in [-0.1, -0.05) is 34.8 Å². The van der Waals surface area contributed by atoms with Gasteiger partial charge in [0.25, 0.3) is 5.56 Å². The largest absolute Gasteiger partial charge is 0.377 e. The summed E-state index contributed by atoms with van der Waals surface area (Å²) >= 11 is 18.6. The van der Waals surface area contributed by atoms with Crippen LogP contribution in [0.1, 0.15) is 11.1 Å². The Bertz CT molecular complexity index is 1250. The SMILES string of the molecule is CN(C)c1ccc(Nc2c(Cl)c(Cl)c(C#N)c(Cl)c2C#N)c2nc[nH]c(=O)c12. The molecule has 0 saturated carbocycles. The second kappa shape index (κ2) is 7.57. The van der Waals surface area contributed by atoms with Gasteiger partial charge in [-0.25, -0.2) is 4.98 Å². The highest BCUT2D eigenvalue weighted by Gasteiger charge is 2.22. The van der Waals surface area contributed by atoms with Crippen molar-refractivity contribution in [3.05, 3.63) is 55.0 Å². The first-order valence-corrected chi connectivity index (χ1v) is 8.90. The van der Waals surface area contributed by atoms with E-state index >= 15 is 0 Å². The van der Waals surface area contributed by atoms with Gasteiger partial charge in [-0.05, 0) is 12.1 Å². The first-order chi connectivity index (χ1) is 13.3. The van der Waals surface area contributed by atoms with Crippen molar-refractivity contribution in [1.82, 2.24) is 9.97 Å². The van der Waals surface area contributed by atoms with Gasteiger partial charge in [0.15, 0.2) is 0 Å². The number of aromatic nitrogens is 2. The Morgan fingerprint density at radius 2 is 1.75 bits per heavy atom. The lowest BCUT2D eigenvalue weighted by Gasteiger charge is -2.18. The standard InChI is InChI=1S/C18H11Cl3N6O/c1-27(2)11-4-3-10(17-12(11)18(28)25-7-24-17)26-16-9(6-23)13(19)8(5-22)14(20)15(16)21/h3-4,7,26H,1-2H3,(H,24,25,28). The third-order valence-corrected chi connectivity index (χ3v) is 5.29. The number of nitriles is 2. The number of hydrogen-bond acceptors (Lipinski definition) is 6. The lowest BCUT2D eigenvalue weighted by molar-refractivity contribution is 1.12. The van der Waals surface area contributed by atoms with Crippen molar-refractivity contribution in [3.8, 4) is 12.1 Å². The molecule has 0 spiro atoms. The number of anilines is 3. The highest BCUT2D eigenvalue weighted by molar-refractivity contribution is 6.46. The Kier molecular flexibility index (Phi) is 5.35. The fourth-order valence-electron chi connectivity index (χ4n) is 2.76. The van der Waals surface area contributed by atoms with Gasteiger partial charge in [0.1, 0.15) is 17.7 Å². The molecule has 0 aliphatic heterocycles. The molecule has 10 heteroatoms. The van der Waals surface area contributed by atoms with Crippen molar-refractivity contribution in [2.75, 3.05) is 24.3 Å². The number of nitrogens with zero attached hydrogens (tertiary/aromatic N) is 4. The zero-order valence-electron chi connectivity index (χ0n) is 14.6. The topological polar surface area (TPSA) is 109 Å². The van der Waals surface area contributed by atoms with Gasteiger partial charge >= 0.3 is 0 Å². The molecule has 0 aliphatic carbocycles. The van der Waals surface area contributed by atoms with Gasteiger partial charge in [-0.2, -0.15) is 10.5 Å². The summed E-state index contributed by atoms with van der Waals surface area (Å²) in [6.07, 6.45) is 1.28. The van der Waals surface area contributed by atoms with Crippen LogP contribution in [0.2, 0.25) is 15.1 Å². The van der Waals surface area contributed by atoms with Gasteiger partial charge in [0.05, 0.1) is 55.0 Å². The highest BCUT2D eigenvalue weighted by atomic mass is 35.5. The maximum absolute atomic E-state index is 12.4. The summed E-state index contributed by atoms with van der Waals surface area (Å²) in [5, 5.41) is 21.9. The molecule has 0 atom stereocenters. The molecule has 2 aromatic carbocycles. The average Bonchev–Trinajstić information content (AvgIpc) is 2.67. The second-order valence-corrected chi connectivity index (χ2v) is 7.03. The average molecular weight is 434 g/mol. The maximum atomic E-state index is 12.4. The van der Waals surface area contributed by atoms with E-state index in [1.165, 1.54) is 6.33 Å². The van der Waals surface area contributed by atoms with E-state index in [9.17, 15) is 15.3 Å². The molecular weight excluding hydrogens is 423 g/mol. The summed E-state index contributed by atoms with van der Waals surface area (Å²) in [5.41, 5.74) is 1.13. The molecule has 0 amide bonds. The molecule has 2 N–H and O–H groups in total. The maximum Gasteiger partial charge on any atom is 0.260 e. The van der Waals surface area contributed by atoms with Gasteiger partial charge in [-0.3, -0.25) is 4.79 Å². The van der Waals surface area contributed by atoms with Crippen molar-refractivity contribution >= 4 is 62.8 Å². The van der Waals surface area contributed by atoms with Gasteiger partial charge in [0.2, 0.25) is 0 Å². The monoisotopic (exact) mass is 432 g/mol. The van der Waals surface area contributed by atoms with E-state index < -0.39 is 0 Å². The van der Waals surface area contributed by atoms with Crippen LogP contribution in [0.25, 0.3) is 10.9 Å². The minimum Gasteiger partial charge on any atom is -0.377 e. The summed E-state index contributed by atoms with van der Waals surface area (Å²) in [7, 11) is 3.61. The Balaban J connectivity index is 2.30. The highest BCUT2D eigenvalue weighted by Crippen LogP contribution is 2.43. The number of fused-ring (bicyclic) bond motifs is 1. The molecule has 7 nitrogen and oxygen atoms in total. The quantitative estimate of drug-likeness (QED) is 0.591. The smallest absolute Gasteiger partial charge is 0.260 e. The number of halogens is 3. The normalized spacial score (nSPS) is 10.4. The molecule has 0 unspecified atom stereocenters. The number of H-pyrrole nitrogens is 1. The van der Waals surface area contributed by atoms with Crippen molar-refractivity contribution in [1.29, 1.82) is 10.5 Å². The Morgan fingerprint density at radius 1 is 1.07 bits per heavy atom. The Labute approximate surface area is 174 Å². The molecule has 28 heavy (non-hydrogen) atoms. The second-order valence-electron chi connectivity index (χ2n) is 5.90. The fourth-order valence-corrected chi connectivity index (χ4v) is 3.54. The lowest BCUT2D eigenvalue weighted by atomic mass is 10.1. The van der Waals surface area contributed by atoms with Crippen molar-refractivity contribution in [2.45, 2.75) is 0 Å². The van der Waals surface area contributed by atoms with Crippen molar-refractivity contribution in [2.24, 2.45) is 0 Å². The zero-order chi connectivity index (χ0) is 20.6. The third kappa shape index (κ3) is 3.10. The number of aromatic amines is 1. The summed E-state index contributed by atoms with van der Waals surface area (Å²) < 4.78 is 0. The summed E-state index contributed by atoms with van der Waals surface area (Å²) in [5.74, 6) is 0. The van der Waals surface area contributed by atoms with Gasteiger partial charge in [-0.15, -0.1) is 0 Å². The van der Waals surface area contributed by atoms with Crippen LogP contribution >= 0.6 is 34.8 Å². The lowest BCUT2D eigenvalue weighted by Crippen LogP contribution is -2.16. The number of nitrogens with one attached hydrogen (secondary N) is 2. The predicted octanol–water partition coefficient (Wildman–Crippen LogP) is 4.44. The van der Waals surface area contributed by atoms with E-state index in [0.717, 1.165) is 0 Å². The van der Waals surface area contributed by atoms with E-state index in [1.54, 1.807) is 31.1 Å². The molecule has 3 rings (SSSR count). The molecule has 0 fully saturated rings. The van der Waals surface area contributed by atoms with Crippen LogP contribution < -0.4 is 15.8 Å². The zero-order valence-corrected chi connectivity index (χ0v) is 16.8. The molecule has 1 aromatic heterocycles. The molecule has 140 valence electrons. The summed E-state index contributed by atoms with van der Waals surface area (Å²) in [6.45, 7) is 0. The summed E-state index contributed by atoms with van der Waals surface area (Å²) in [4.78, 5) is 21.0. The Hall–Kier alpha value is -2.97. The molecule has 0 saturated heterocycles. The predicted molar refractivity (Wildman–Crippen MR) is 111 cm³/mol. The van der Waals surface area contributed by atoms with Crippen LogP contribution in [0, 0.1) is 22.7 Å². The molecular formula is C18H11Cl3N6O. The van der Waals surface area contributed by atoms with Crippen LogP contribution in [0.4, 0.5) is 17.1 Å². The van der Waals surface area contributed by atoms with Crippen LogP contribution in [-0.4, -0.2) is 24.1 Å². The van der Waals surface area contributed by atoms with Crippen LogP contribution in [-0.2, 0) is 0 Å². The van der Waals surface area contributed by atoms with Crippen LogP contribution in [0.3, 0.4) is 0 Å². The summed E-state index contributed by atoms with van der Waals surface area (Å²) in [6, 6.07) is 7.19. The minimum atomic E-state index is -0.320. The number of benzene rings is 2. The van der Waals surface area contributed by atoms with E-state index in [1.807, 2.05) is 12.1 Å². The van der Waals surface area contributed by atoms with Crippen LogP contribution in [0.5, 0.6) is 0 Å². The van der Waals surface area contributed by atoms with E-state index in [4.69, 9.17) is 34.8 Å². The Morgan fingerprint density at radius 3 is 2.36 bits per heavy atom. The molecule has 0 bridgehead atoms. The van der Waals surface area contributed by atoms with Gasteiger partial charge in [0, 0.05) is 14.1 Å². The first kappa shape index (κ1) is 19.8. The van der Waals surface area contributed by atoms with E-state index in [0.29, 0.717) is 22.3 Å². The van der Waals surface area contributed by atoms with E-state index in [2.05, 4.69) is 15.3 Å². The van der Waals surface area contributed by atoms with Gasteiger partial charge < -0.3 is 15.2 Å². The third-order valence-electron chi connectivity index (χ3n) is 4.06. The molecule has 3 aromatic rings. The van der Waals surface area contributed by atoms with Crippen molar-refractivity contribution in [3.63, 3.8) is 0 Å². The van der Waals surface area contributed by atoms with Crippen molar-refractivity contribution < 1.29 is 0 Å². The molecule has 1 heterocycles. The fraction of sp³-hybridized carbons (Fsp3) is 0.111. The number of rotatable bonds is 3. The molecule has 0 aliphatic rings. The first-order valence-electron chi connectivity index (χ1n) is 7.77. The van der Waals surface area contributed by atoms with E-state index in [-0.39, 0.29) is 37.4 Å². The minimum absolute atomic E-state index is 0.0335. The molecule has 0 radical (unpaired) electrons.